The Morgan fingerprint density at radius 1 is 1.75 bits per heavy atom. The number of H-pyrrole nitrogens is 1. The first-order chi connectivity index (χ1) is 7.69. The van der Waals surface area contributed by atoms with Crippen LogP contribution in [-0.2, 0) is 6.54 Å². The SMILES string of the molecule is CCCn1c(SCCC(N)C#N)n[nH]c1=O. The quantitative estimate of drug-likeness (QED) is 0.698. The number of nitriles is 1. The maximum Gasteiger partial charge on any atom is 0.343 e. The lowest BCUT2D eigenvalue weighted by Gasteiger charge is -2.04. The summed E-state index contributed by atoms with van der Waals surface area (Å²) in [7, 11) is 0. The van der Waals surface area contributed by atoms with E-state index < -0.39 is 6.04 Å². The molecule has 0 saturated heterocycles. The van der Waals surface area contributed by atoms with Crippen molar-refractivity contribution < 1.29 is 0 Å². The third-order valence-electron chi connectivity index (χ3n) is 2.00. The largest absolute Gasteiger partial charge is 0.343 e. The predicted molar refractivity (Wildman–Crippen MR) is 62.1 cm³/mol. The fourth-order valence-corrected chi connectivity index (χ4v) is 2.17. The van der Waals surface area contributed by atoms with E-state index in [1.165, 1.54) is 11.8 Å². The van der Waals surface area contributed by atoms with Crippen molar-refractivity contribution in [2.24, 2.45) is 5.73 Å². The number of nitrogens with zero attached hydrogens (tertiary/aromatic N) is 3. The molecule has 88 valence electrons. The van der Waals surface area contributed by atoms with Crippen molar-refractivity contribution >= 4 is 11.8 Å². The van der Waals surface area contributed by atoms with Crippen molar-refractivity contribution in [3.8, 4) is 6.07 Å². The lowest BCUT2D eigenvalue weighted by molar-refractivity contribution is 0.603. The van der Waals surface area contributed by atoms with Crippen LogP contribution in [0, 0.1) is 11.3 Å². The third-order valence-corrected chi connectivity index (χ3v) is 3.01. The zero-order valence-electron chi connectivity index (χ0n) is 9.14. The molecule has 0 bridgehead atoms. The molecule has 1 atom stereocenters. The van der Waals surface area contributed by atoms with E-state index in [0.29, 0.717) is 23.9 Å². The van der Waals surface area contributed by atoms with Gasteiger partial charge >= 0.3 is 5.69 Å². The molecule has 3 N–H and O–H groups in total. The molecule has 0 radical (unpaired) electrons. The minimum Gasteiger partial charge on any atom is -0.316 e. The number of thioether (sulfide) groups is 1. The number of aromatic amines is 1. The van der Waals surface area contributed by atoms with Crippen LogP contribution in [0.15, 0.2) is 9.95 Å². The molecule has 1 aromatic heterocycles. The van der Waals surface area contributed by atoms with Gasteiger partial charge in [0, 0.05) is 12.3 Å². The van der Waals surface area contributed by atoms with Gasteiger partial charge in [-0.1, -0.05) is 18.7 Å². The summed E-state index contributed by atoms with van der Waals surface area (Å²) in [6.07, 6.45) is 1.47. The Bertz CT molecular complexity index is 418. The van der Waals surface area contributed by atoms with Crippen LogP contribution >= 0.6 is 11.8 Å². The molecular formula is C9H15N5OS. The van der Waals surface area contributed by atoms with E-state index in [0.717, 1.165) is 6.42 Å². The van der Waals surface area contributed by atoms with Gasteiger partial charge in [0.15, 0.2) is 5.16 Å². The summed E-state index contributed by atoms with van der Waals surface area (Å²) in [6.45, 7) is 2.65. The van der Waals surface area contributed by atoms with Crippen molar-refractivity contribution in [2.75, 3.05) is 5.75 Å². The zero-order valence-corrected chi connectivity index (χ0v) is 9.96. The molecule has 7 heteroatoms. The van der Waals surface area contributed by atoms with Gasteiger partial charge in [-0.15, -0.1) is 5.10 Å². The minimum atomic E-state index is -0.446. The van der Waals surface area contributed by atoms with Gasteiger partial charge in [0.05, 0.1) is 12.1 Å². The van der Waals surface area contributed by atoms with Gasteiger partial charge in [0.1, 0.15) is 0 Å². The highest BCUT2D eigenvalue weighted by Gasteiger charge is 2.08. The molecule has 1 heterocycles. The smallest absolute Gasteiger partial charge is 0.316 e. The molecule has 0 aliphatic heterocycles. The van der Waals surface area contributed by atoms with E-state index in [9.17, 15) is 4.79 Å². The normalized spacial score (nSPS) is 12.3. The van der Waals surface area contributed by atoms with Crippen LogP contribution < -0.4 is 11.4 Å². The summed E-state index contributed by atoms with van der Waals surface area (Å²) < 4.78 is 1.60. The minimum absolute atomic E-state index is 0.186. The van der Waals surface area contributed by atoms with E-state index >= 15 is 0 Å². The Morgan fingerprint density at radius 3 is 3.12 bits per heavy atom. The van der Waals surface area contributed by atoms with Crippen LogP contribution in [0.4, 0.5) is 0 Å². The first-order valence-electron chi connectivity index (χ1n) is 5.12. The van der Waals surface area contributed by atoms with Crippen molar-refractivity contribution in [1.29, 1.82) is 5.26 Å². The molecule has 0 aromatic carbocycles. The maximum atomic E-state index is 11.3. The maximum absolute atomic E-state index is 11.3. The van der Waals surface area contributed by atoms with Crippen molar-refractivity contribution in [2.45, 2.75) is 37.5 Å². The monoisotopic (exact) mass is 241 g/mol. The van der Waals surface area contributed by atoms with Gasteiger partial charge in [0.2, 0.25) is 0 Å². The second kappa shape index (κ2) is 6.35. The van der Waals surface area contributed by atoms with Gasteiger partial charge in [0.25, 0.3) is 0 Å². The summed E-state index contributed by atoms with van der Waals surface area (Å²) in [5, 5.41) is 15.5. The summed E-state index contributed by atoms with van der Waals surface area (Å²) in [5.74, 6) is 0.683. The molecule has 0 spiro atoms. The molecular weight excluding hydrogens is 226 g/mol. The highest BCUT2D eigenvalue weighted by atomic mass is 32.2. The van der Waals surface area contributed by atoms with E-state index in [2.05, 4.69) is 10.2 Å². The number of hydrogen-bond acceptors (Lipinski definition) is 5. The lowest BCUT2D eigenvalue weighted by Crippen LogP contribution is -2.19. The van der Waals surface area contributed by atoms with Gasteiger partial charge in [-0.3, -0.25) is 4.57 Å². The Kier molecular flexibility index (Phi) is 5.08. The Labute approximate surface area is 97.8 Å². The first-order valence-corrected chi connectivity index (χ1v) is 6.10. The number of aromatic nitrogens is 3. The summed E-state index contributed by atoms with van der Waals surface area (Å²) in [5.41, 5.74) is 5.28. The first kappa shape index (κ1) is 12.8. The van der Waals surface area contributed by atoms with Gasteiger partial charge in [-0.05, 0) is 12.8 Å². The number of hydrogen-bond donors (Lipinski definition) is 2. The average molecular weight is 241 g/mol. The van der Waals surface area contributed by atoms with Crippen LogP contribution in [0.3, 0.4) is 0 Å². The van der Waals surface area contributed by atoms with E-state index in [-0.39, 0.29) is 5.69 Å². The second-order valence-corrected chi connectivity index (χ2v) is 4.40. The lowest BCUT2D eigenvalue weighted by atomic mass is 10.3. The van der Waals surface area contributed by atoms with Crippen molar-refractivity contribution in [3.63, 3.8) is 0 Å². The second-order valence-electron chi connectivity index (χ2n) is 3.34. The van der Waals surface area contributed by atoms with Gasteiger partial charge < -0.3 is 5.73 Å². The molecule has 1 unspecified atom stereocenters. The van der Waals surface area contributed by atoms with Crippen LogP contribution in [0.1, 0.15) is 19.8 Å². The van der Waals surface area contributed by atoms with E-state index in [4.69, 9.17) is 11.0 Å². The average Bonchev–Trinajstić information content (AvgIpc) is 2.62. The number of nitrogens with one attached hydrogen (secondary N) is 1. The van der Waals surface area contributed by atoms with E-state index in [1.54, 1.807) is 4.57 Å². The Hall–Kier alpha value is -1.26. The van der Waals surface area contributed by atoms with Crippen molar-refractivity contribution in [1.82, 2.24) is 14.8 Å². The standard InChI is InChI=1S/C9H15N5OS/c1-2-4-14-8(15)12-13-9(14)16-5-3-7(11)6-10/h7H,2-5,11H2,1H3,(H,12,15). The highest BCUT2D eigenvalue weighted by Crippen LogP contribution is 2.14. The molecule has 0 aliphatic rings. The fraction of sp³-hybridized carbons (Fsp3) is 0.667. The number of rotatable bonds is 6. The molecule has 0 saturated carbocycles. The van der Waals surface area contributed by atoms with E-state index in [1.807, 2.05) is 13.0 Å². The van der Waals surface area contributed by atoms with Crippen LogP contribution in [0.5, 0.6) is 0 Å². The zero-order chi connectivity index (χ0) is 12.0. The molecule has 16 heavy (non-hydrogen) atoms. The molecule has 1 aromatic rings. The highest BCUT2D eigenvalue weighted by molar-refractivity contribution is 7.99. The molecule has 1 rings (SSSR count). The molecule has 6 nitrogen and oxygen atoms in total. The van der Waals surface area contributed by atoms with Gasteiger partial charge in [-0.2, -0.15) is 5.26 Å². The summed E-state index contributed by atoms with van der Waals surface area (Å²) in [6, 6.07) is 1.52. The van der Waals surface area contributed by atoms with Crippen LogP contribution in [0.2, 0.25) is 0 Å². The van der Waals surface area contributed by atoms with Crippen LogP contribution in [-0.4, -0.2) is 26.6 Å². The topological polar surface area (TPSA) is 100 Å². The molecule has 0 fully saturated rings. The summed E-state index contributed by atoms with van der Waals surface area (Å²) in [4.78, 5) is 11.3. The Morgan fingerprint density at radius 2 is 2.50 bits per heavy atom. The Balaban J connectivity index is 2.54. The third kappa shape index (κ3) is 3.40. The van der Waals surface area contributed by atoms with Gasteiger partial charge in [-0.25, -0.2) is 9.89 Å². The van der Waals surface area contributed by atoms with Crippen LogP contribution in [0.25, 0.3) is 0 Å². The van der Waals surface area contributed by atoms with Crippen molar-refractivity contribution in [3.05, 3.63) is 10.5 Å². The molecule has 0 amide bonds. The summed E-state index contributed by atoms with van der Waals surface area (Å²) >= 11 is 1.44. The number of nitrogens with two attached hydrogens (primary N) is 1. The molecule has 0 aliphatic carbocycles. The predicted octanol–water partition coefficient (Wildman–Crippen LogP) is 0.314. The fourth-order valence-electron chi connectivity index (χ4n) is 1.18.